The van der Waals surface area contributed by atoms with Gasteiger partial charge in [-0.2, -0.15) is 0 Å². The van der Waals surface area contributed by atoms with Crippen molar-refractivity contribution in [2.75, 3.05) is 5.73 Å². The summed E-state index contributed by atoms with van der Waals surface area (Å²) in [5.41, 5.74) is 9.65. The van der Waals surface area contributed by atoms with E-state index in [0.717, 1.165) is 5.69 Å². The number of benzene rings is 1. The highest BCUT2D eigenvalue weighted by Crippen LogP contribution is 2.58. The lowest BCUT2D eigenvalue weighted by Crippen LogP contribution is -1.98. The van der Waals surface area contributed by atoms with Crippen LogP contribution >= 0.6 is 11.8 Å². The van der Waals surface area contributed by atoms with E-state index in [2.05, 4.69) is 18.2 Å². The highest BCUT2D eigenvalue weighted by molar-refractivity contribution is 8.00. The van der Waals surface area contributed by atoms with Crippen LogP contribution in [0, 0.1) is 0 Å². The van der Waals surface area contributed by atoms with Gasteiger partial charge in [0.2, 0.25) is 0 Å². The number of hydrogen-bond donors (Lipinski definition) is 1. The Hall–Kier alpha value is -0.890. The summed E-state index contributed by atoms with van der Waals surface area (Å²) in [6.45, 7) is 0. The molecule has 0 spiro atoms. The summed E-state index contributed by atoms with van der Waals surface area (Å²) in [5, 5.41) is 1.11. The third kappa shape index (κ3) is 0.661. The molecule has 2 atom stereocenters. The first kappa shape index (κ1) is 6.61. The summed E-state index contributed by atoms with van der Waals surface area (Å²) in [5.74, 6) is 0. The average Bonchev–Trinajstić information content (AvgIpc) is 2.64. The van der Waals surface area contributed by atoms with Gasteiger partial charge in [0.1, 0.15) is 0 Å². The van der Waals surface area contributed by atoms with E-state index in [-0.39, 0.29) is 0 Å². The monoisotopic (exact) mass is 175 g/mol. The second-order valence-corrected chi connectivity index (χ2v) is 4.50. The van der Waals surface area contributed by atoms with Crippen LogP contribution < -0.4 is 5.73 Å². The molecule has 2 N–H and O–H groups in total. The molecule has 2 bridgehead atoms. The number of fused-ring (bicyclic) bond motifs is 5. The molecule has 1 aromatic rings. The molecule has 0 fully saturated rings. The lowest BCUT2D eigenvalue weighted by atomic mass is 9.96. The lowest BCUT2D eigenvalue weighted by molar-refractivity contribution is 1.14. The predicted molar refractivity (Wildman–Crippen MR) is 53.1 cm³/mol. The van der Waals surface area contributed by atoms with Crippen molar-refractivity contribution in [3.63, 3.8) is 0 Å². The highest BCUT2D eigenvalue weighted by Gasteiger charge is 2.34. The normalized spacial score (nSPS) is 29.3. The third-order valence-electron chi connectivity index (χ3n) is 2.52. The van der Waals surface area contributed by atoms with Crippen LogP contribution in [0.3, 0.4) is 0 Å². The van der Waals surface area contributed by atoms with Crippen LogP contribution in [0.4, 0.5) is 5.69 Å². The molecule has 1 nitrogen and oxygen atoms in total. The van der Waals surface area contributed by atoms with E-state index in [9.17, 15) is 0 Å². The Morgan fingerprint density at radius 2 is 2.00 bits per heavy atom. The minimum atomic E-state index is 0.534. The first-order chi connectivity index (χ1) is 5.86. The summed E-state index contributed by atoms with van der Waals surface area (Å²) in [6.07, 6.45) is 4.53. The zero-order valence-corrected chi connectivity index (χ0v) is 7.34. The molecule has 3 rings (SSSR count). The van der Waals surface area contributed by atoms with Crippen molar-refractivity contribution in [1.82, 2.24) is 0 Å². The van der Waals surface area contributed by atoms with Crippen molar-refractivity contribution in [1.29, 1.82) is 0 Å². The van der Waals surface area contributed by atoms with Crippen LogP contribution in [0.5, 0.6) is 0 Å². The number of thioether (sulfide) groups is 1. The Bertz CT molecular complexity index is 370. The maximum absolute atomic E-state index is 5.91. The van der Waals surface area contributed by atoms with Gasteiger partial charge >= 0.3 is 0 Å². The van der Waals surface area contributed by atoms with Crippen LogP contribution in [-0.2, 0) is 0 Å². The maximum atomic E-state index is 5.91. The second-order valence-electron chi connectivity index (χ2n) is 3.21. The van der Waals surface area contributed by atoms with Crippen molar-refractivity contribution < 1.29 is 0 Å². The molecule has 2 heterocycles. The molecule has 0 unspecified atom stereocenters. The van der Waals surface area contributed by atoms with Crippen molar-refractivity contribution in [2.24, 2.45) is 0 Å². The van der Waals surface area contributed by atoms with E-state index in [1.165, 1.54) is 11.1 Å². The van der Waals surface area contributed by atoms with E-state index in [1.807, 2.05) is 23.9 Å². The van der Waals surface area contributed by atoms with Gasteiger partial charge in [0.15, 0.2) is 0 Å². The molecular formula is C10H9NS. The van der Waals surface area contributed by atoms with E-state index < -0.39 is 0 Å². The Labute approximate surface area is 75.7 Å². The number of hydrogen-bond acceptors (Lipinski definition) is 2. The van der Waals surface area contributed by atoms with Gasteiger partial charge in [0, 0.05) is 10.9 Å². The van der Waals surface area contributed by atoms with E-state index in [1.54, 1.807) is 0 Å². The van der Waals surface area contributed by atoms with Crippen molar-refractivity contribution in [3.05, 3.63) is 41.5 Å². The average molecular weight is 175 g/mol. The predicted octanol–water partition coefficient (Wildman–Crippen LogP) is 2.67. The quantitative estimate of drug-likeness (QED) is 0.484. The Balaban J connectivity index is 2.30. The first-order valence-electron chi connectivity index (χ1n) is 4.08. The molecule has 0 saturated heterocycles. The smallest absolute Gasteiger partial charge is 0.0510 e. The van der Waals surface area contributed by atoms with Crippen LogP contribution in [0.1, 0.15) is 21.6 Å². The number of rotatable bonds is 0. The molecule has 12 heavy (non-hydrogen) atoms. The first-order valence-corrected chi connectivity index (χ1v) is 5.02. The van der Waals surface area contributed by atoms with Crippen LogP contribution in [0.15, 0.2) is 30.4 Å². The van der Waals surface area contributed by atoms with E-state index in [0.29, 0.717) is 10.5 Å². The molecule has 0 aliphatic carbocycles. The fourth-order valence-corrected chi connectivity index (χ4v) is 3.41. The van der Waals surface area contributed by atoms with Crippen LogP contribution in [0.25, 0.3) is 0 Å². The second kappa shape index (κ2) is 2.07. The summed E-state index contributed by atoms with van der Waals surface area (Å²) >= 11 is 1.98. The van der Waals surface area contributed by atoms with Gasteiger partial charge in [-0.15, -0.1) is 11.8 Å². The molecular weight excluding hydrogens is 166 g/mol. The van der Waals surface area contributed by atoms with Gasteiger partial charge in [0.05, 0.1) is 5.25 Å². The summed E-state index contributed by atoms with van der Waals surface area (Å²) in [4.78, 5) is 0. The van der Waals surface area contributed by atoms with Gasteiger partial charge in [-0.3, -0.25) is 0 Å². The largest absolute Gasteiger partial charge is 0.398 e. The highest BCUT2D eigenvalue weighted by atomic mass is 32.2. The zero-order chi connectivity index (χ0) is 8.13. The topological polar surface area (TPSA) is 26.0 Å². The number of nitrogen functional groups attached to an aromatic ring is 1. The fraction of sp³-hybridized carbons (Fsp3) is 0.200. The minimum absolute atomic E-state index is 0.534. The standard InChI is InChI=1S/C10H9NS/c11-7-3-1-2-6-8-4-5-9(12-8)10(6)7/h1-5,8-9H,11H2/t8-,9+/m0/s1. The zero-order valence-electron chi connectivity index (χ0n) is 6.53. The number of anilines is 1. The SMILES string of the molecule is Nc1cccc2c1[C@H]1C=C[C@@H]2S1. The summed E-state index contributed by atoms with van der Waals surface area (Å²) in [7, 11) is 0. The third-order valence-corrected chi connectivity index (χ3v) is 3.91. The molecule has 0 radical (unpaired) electrons. The fourth-order valence-electron chi connectivity index (χ4n) is 1.97. The molecule has 2 aliphatic heterocycles. The Kier molecular flexibility index (Phi) is 1.14. The van der Waals surface area contributed by atoms with Crippen molar-refractivity contribution >= 4 is 17.4 Å². The van der Waals surface area contributed by atoms with Gasteiger partial charge in [-0.1, -0.05) is 24.3 Å². The summed E-state index contributed by atoms with van der Waals surface area (Å²) in [6, 6.07) is 6.23. The molecule has 1 aromatic carbocycles. The molecule has 0 aromatic heterocycles. The Morgan fingerprint density at radius 3 is 2.83 bits per heavy atom. The van der Waals surface area contributed by atoms with Gasteiger partial charge in [0.25, 0.3) is 0 Å². The maximum Gasteiger partial charge on any atom is 0.0510 e. The van der Waals surface area contributed by atoms with Crippen molar-refractivity contribution in [2.45, 2.75) is 10.5 Å². The Morgan fingerprint density at radius 1 is 1.17 bits per heavy atom. The molecule has 2 heteroatoms. The van der Waals surface area contributed by atoms with Gasteiger partial charge in [-0.25, -0.2) is 0 Å². The lowest BCUT2D eigenvalue weighted by Gasteiger charge is -2.10. The molecule has 2 aliphatic rings. The molecule has 0 saturated carbocycles. The van der Waals surface area contributed by atoms with Gasteiger partial charge < -0.3 is 5.73 Å². The molecule has 60 valence electrons. The van der Waals surface area contributed by atoms with Gasteiger partial charge in [-0.05, 0) is 17.2 Å². The minimum Gasteiger partial charge on any atom is -0.398 e. The summed E-state index contributed by atoms with van der Waals surface area (Å²) < 4.78 is 0. The van der Waals surface area contributed by atoms with E-state index >= 15 is 0 Å². The number of nitrogens with two attached hydrogens (primary N) is 1. The van der Waals surface area contributed by atoms with E-state index in [4.69, 9.17) is 5.73 Å². The van der Waals surface area contributed by atoms with Crippen molar-refractivity contribution in [3.8, 4) is 0 Å². The van der Waals surface area contributed by atoms with Crippen LogP contribution in [0.2, 0.25) is 0 Å². The molecule has 0 amide bonds. The van der Waals surface area contributed by atoms with Crippen LogP contribution in [-0.4, -0.2) is 0 Å².